The molecule has 0 saturated carbocycles. The molecule has 0 aromatic heterocycles. The minimum Gasteiger partial charge on any atom is -0.496 e. The summed E-state index contributed by atoms with van der Waals surface area (Å²) in [6.07, 6.45) is 2.19. The second-order valence-corrected chi connectivity index (χ2v) is 6.25. The number of aromatic nitrogens is 1. The molecule has 0 amide bonds. The number of hydrogen-bond donors (Lipinski definition) is 0. The van der Waals surface area contributed by atoms with Gasteiger partial charge >= 0.3 is 0 Å². The predicted octanol–water partition coefficient (Wildman–Crippen LogP) is 5.90. The first-order chi connectivity index (χ1) is 12.4. The van der Waals surface area contributed by atoms with Gasteiger partial charge in [-0.05, 0) is 35.0 Å². The van der Waals surface area contributed by atoms with Crippen molar-refractivity contribution in [2.24, 2.45) is 0 Å². The number of hydrogen-bond acceptors (Lipinski definition) is 1. The Balaban J connectivity index is 2.02. The molecule has 120 valence electrons. The molecule has 0 radical (unpaired) electrons. The van der Waals surface area contributed by atoms with Crippen LogP contribution in [0.3, 0.4) is 0 Å². The molecule has 1 heterocycles. The van der Waals surface area contributed by atoms with Crippen LogP contribution in [0.1, 0.15) is 0 Å². The van der Waals surface area contributed by atoms with Gasteiger partial charge in [-0.25, -0.2) is 0 Å². The van der Waals surface area contributed by atoms with Gasteiger partial charge in [0.1, 0.15) is 5.75 Å². The van der Waals surface area contributed by atoms with Crippen molar-refractivity contribution in [3.05, 3.63) is 85.1 Å². The molecule has 0 N–H and O–H groups in total. The summed E-state index contributed by atoms with van der Waals surface area (Å²) < 4.78 is 7.91. The van der Waals surface area contributed by atoms with Crippen molar-refractivity contribution in [2.45, 2.75) is 0 Å². The minimum absolute atomic E-state index is 0.898. The lowest BCUT2D eigenvalue weighted by Crippen LogP contribution is -2.01. The highest BCUT2D eigenvalue weighted by atomic mass is 16.5. The second kappa shape index (κ2) is 5.38. The Labute approximate surface area is 146 Å². The number of methoxy groups -OCH3 is 1. The molecule has 0 unspecified atom stereocenters. The highest BCUT2D eigenvalue weighted by Crippen LogP contribution is 2.42. The molecule has 2 aliphatic rings. The molecule has 0 spiro atoms. The monoisotopic (exact) mass is 323 g/mol. The summed E-state index contributed by atoms with van der Waals surface area (Å²) in [6, 6.07) is 27.6. The lowest BCUT2D eigenvalue weighted by Gasteiger charge is -2.18. The average Bonchev–Trinajstić information content (AvgIpc) is 3.07. The molecule has 1 aliphatic carbocycles. The van der Waals surface area contributed by atoms with E-state index in [-0.39, 0.29) is 0 Å². The number of ether oxygens (including phenoxy) is 1. The molecule has 2 heteroatoms. The number of nitrogens with zero attached hydrogens (tertiary/aromatic N) is 1. The quantitative estimate of drug-likeness (QED) is 0.395. The van der Waals surface area contributed by atoms with Crippen LogP contribution in [0.5, 0.6) is 5.75 Å². The normalized spacial score (nSPS) is 11.4. The Kier molecular flexibility index (Phi) is 3.04. The summed E-state index contributed by atoms with van der Waals surface area (Å²) in [6.45, 7) is 0. The fourth-order valence-electron chi connectivity index (χ4n) is 3.75. The smallest absolute Gasteiger partial charge is 0.128 e. The van der Waals surface area contributed by atoms with E-state index in [0.717, 1.165) is 16.8 Å². The van der Waals surface area contributed by atoms with E-state index < -0.39 is 0 Å². The van der Waals surface area contributed by atoms with Crippen LogP contribution in [0.2, 0.25) is 0 Å². The summed E-state index contributed by atoms with van der Waals surface area (Å²) >= 11 is 0. The maximum absolute atomic E-state index is 5.63. The minimum atomic E-state index is 0.898. The van der Waals surface area contributed by atoms with Crippen molar-refractivity contribution in [3.63, 3.8) is 0 Å². The van der Waals surface area contributed by atoms with E-state index in [0.29, 0.717) is 0 Å². The third-order valence-electron chi connectivity index (χ3n) is 4.88. The van der Waals surface area contributed by atoms with Crippen molar-refractivity contribution in [1.82, 2.24) is 4.57 Å². The Morgan fingerprint density at radius 2 is 1.48 bits per heavy atom. The Bertz CT molecular complexity index is 1170. The fraction of sp³-hybridized carbons (Fsp3) is 0.0435. The molecule has 3 aromatic rings. The van der Waals surface area contributed by atoms with Gasteiger partial charge in [0.05, 0.1) is 12.8 Å². The van der Waals surface area contributed by atoms with Crippen molar-refractivity contribution < 1.29 is 4.74 Å². The lowest BCUT2D eigenvalue weighted by molar-refractivity contribution is 0.419. The predicted molar refractivity (Wildman–Crippen MR) is 104 cm³/mol. The molecule has 25 heavy (non-hydrogen) atoms. The molecule has 0 atom stereocenters. The number of pyridine rings is 1. The van der Waals surface area contributed by atoms with E-state index in [4.69, 9.17) is 4.74 Å². The zero-order valence-corrected chi connectivity index (χ0v) is 13.9. The van der Waals surface area contributed by atoms with E-state index in [2.05, 4.69) is 77.5 Å². The van der Waals surface area contributed by atoms with Crippen LogP contribution in [-0.4, -0.2) is 11.7 Å². The van der Waals surface area contributed by atoms with Crippen LogP contribution >= 0.6 is 0 Å². The summed E-state index contributed by atoms with van der Waals surface area (Å²) in [5.41, 5.74) is 3.64. The van der Waals surface area contributed by atoms with E-state index in [1.54, 1.807) is 7.11 Å². The van der Waals surface area contributed by atoms with Crippen LogP contribution in [0.25, 0.3) is 38.5 Å². The molecule has 3 aromatic carbocycles. The van der Waals surface area contributed by atoms with Gasteiger partial charge < -0.3 is 9.30 Å². The highest BCUT2D eigenvalue weighted by molar-refractivity contribution is 6.11. The van der Waals surface area contributed by atoms with Gasteiger partial charge in [0.15, 0.2) is 0 Å². The molecule has 2 nitrogen and oxygen atoms in total. The first kappa shape index (κ1) is 14.1. The van der Waals surface area contributed by atoms with E-state index in [1.165, 1.54) is 27.4 Å². The summed E-state index contributed by atoms with van der Waals surface area (Å²) in [5, 5.41) is 4.87. The van der Waals surface area contributed by atoms with Crippen LogP contribution in [0.4, 0.5) is 0 Å². The Morgan fingerprint density at radius 1 is 0.720 bits per heavy atom. The van der Waals surface area contributed by atoms with Gasteiger partial charge in [-0.2, -0.15) is 0 Å². The summed E-state index contributed by atoms with van der Waals surface area (Å²) in [5.74, 6) is 0.898. The highest BCUT2D eigenvalue weighted by Gasteiger charge is 2.19. The summed E-state index contributed by atoms with van der Waals surface area (Å²) in [4.78, 5) is 0. The molecular formula is C23H17NO. The second-order valence-electron chi connectivity index (χ2n) is 6.25. The van der Waals surface area contributed by atoms with Gasteiger partial charge in [-0.1, -0.05) is 54.6 Å². The molecule has 1 aliphatic heterocycles. The van der Waals surface area contributed by atoms with Gasteiger partial charge in [-0.3, -0.25) is 0 Å². The lowest BCUT2D eigenvalue weighted by atomic mass is 10.0. The topological polar surface area (TPSA) is 14.2 Å². The van der Waals surface area contributed by atoms with Crippen molar-refractivity contribution in [1.29, 1.82) is 0 Å². The van der Waals surface area contributed by atoms with Gasteiger partial charge in [0.2, 0.25) is 0 Å². The summed E-state index contributed by atoms with van der Waals surface area (Å²) in [7, 11) is 1.73. The third kappa shape index (κ3) is 2.04. The first-order valence-corrected chi connectivity index (χ1v) is 8.42. The molecular weight excluding hydrogens is 306 g/mol. The average molecular weight is 323 g/mol. The van der Waals surface area contributed by atoms with Gasteiger partial charge in [0, 0.05) is 28.2 Å². The van der Waals surface area contributed by atoms with Crippen molar-refractivity contribution in [2.75, 3.05) is 7.11 Å². The zero-order valence-electron chi connectivity index (χ0n) is 13.9. The molecule has 0 fully saturated rings. The van der Waals surface area contributed by atoms with Gasteiger partial charge in [-0.15, -0.1) is 0 Å². The zero-order chi connectivity index (χ0) is 16.8. The van der Waals surface area contributed by atoms with E-state index in [1.807, 2.05) is 12.1 Å². The van der Waals surface area contributed by atoms with E-state index in [9.17, 15) is 0 Å². The van der Waals surface area contributed by atoms with Gasteiger partial charge in [0.25, 0.3) is 0 Å². The number of rotatable bonds is 2. The van der Waals surface area contributed by atoms with Crippen LogP contribution in [-0.2, 0) is 0 Å². The fourth-order valence-corrected chi connectivity index (χ4v) is 3.75. The third-order valence-corrected chi connectivity index (χ3v) is 4.88. The van der Waals surface area contributed by atoms with E-state index >= 15 is 0 Å². The van der Waals surface area contributed by atoms with Crippen LogP contribution in [0.15, 0.2) is 85.1 Å². The SMILES string of the molecule is COc1cccc2c3cc4ccccc4c-3n(-c3ccccc3)cc12. The molecule has 0 bridgehead atoms. The largest absolute Gasteiger partial charge is 0.496 e. The number of benzene rings is 3. The van der Waals surface area contributed by atoms with Crippen molar-refractivity contribution in [3.8, 4) is 22.7 Å². The number of para-hydroxylation sites is 1. The molecule has 0 saturated heterocycles. The van der Waals surface area contributed by atoms with Crippen LogP contribution in [0, 0.1) is 0 Å². The van der Waals surface area contributed by atoms with Crippen molar-refractivity contribution >= 4 is 21.5 Å². The molecule has 5 rings (SSSR count). The maximum Gasteiger partial charge on any atom is 0.128 e. The number of fused-ring (bicyclic) bond motifs is 5. The first-order valence-electron chi connectivity index (χ1n) is 8.42. The maximum atomic E-state index is 5.63. The Hall–Kier alpha value is -3.26. The van der Waals surface area contributed by atoms with Crippen LogP contribution < -0.4 is 4.74 Å². The Morgan fingerprint density at radius 3 is 2.32 bits per heavy atom. The standard InChI is InChI=1S/C23H17NO/c1-25-22-13-7-12-19-20-14-16-8-5-6-11-18(16)23(20)24(15-21(19)22)17-9-3-2-4-10-17/h2-15H,1H3.